The number of rotatable bonds is 6. The van der Waals surface area contributed by atoms with Crippen LogP contribution in [0.15, 0.2) is 70.4 Å². The maximum absolute atomic E-state index is 12.9. The minimum absolute atomic E-state index is 0.155. The molecule has 1 aliphatic heterocycles. The van der Waals surface area contributed by atoms with E-state index in [4.69, 9.17) is 13.9 Å². The Hall–Kier alpha value is -3.72. The van der Waals surface area contributed by atoms with E-state index >= 15 is 0 Å². The lowest BCUT2D eigenvalue weighted by Gasteiger charge is -2.14. The van der Waals surface area contributed by atoms with Gasteiger partial charge in [0.05, 0.1) is 17.1 Å². The third kappa shape index (κ3) is 3.82. The summed E-state index contributed by atoms with van der Waals surface area (Å²) < 4.78 is 18.1. The molecule has 3 heterocycles. The number of thioether (sulfide) groups is 1. The molecule has 32 heavy (non-hydrogen) atoms. The lowest BCUT2D eigenvalue weighted by molar-refractivity contribution is -0.115. The molecule has 2 aromatic heterocycles. The summed E-state index contributed by atoms with van der Waals surface area (Å²) in [6.07, 6.45) is 1.63. The van der Waals surface area contributed by atoms with Gasteiger partial charge < -0.3 is 19.2 Å². The van der Waals surface area contributed by atoms with Gasteiger partial charge in [-0.25, -0.2) is 0 Å². The minimum Gasteiger partial charge on any atom is -0.469 e. The fourth-order valence-corrected chi connectivity index (χ4v) is 4.24. The monoisotopic (exact) mass is 448 g/mol. The largest absolute Gasteiger partial charge is 0.469 e. The van der Waals surface area contributed by atoms with Crippen molar-refractivity contribution in [3.8, 4) is 28.6 Å². The lowest BCUT2D eigenvalue weighted by atomic mass is 10.2. The number of fused-ring (bicyclic) bond motifs is 1. The first-order valence-electron chi connectivity index (χ1n) is 10.0. The van der Waals surface area contributed by atoms with Crippen molar-refractivity contribution in [3.63, 3.8) is 0 Å². The zero-order chi connectivity index (χ0) is 22.1. The third-order valence-corrected chi connectivity index (χ3v) is 6.08. The maximum atomic E-state index is 12.9. The molecule has 1 aliphatic rings. The number of hydrogen-bond donors (Lipinski definition) is 1. The Balaban J connectivity index is 1.40. The average molecular weight is 449 g/mol. The van der Waals surface area contributed by atoms with Gasteiger partial charge in [0.2, 0.25) is 12.7 Å². The first kappa shape index (κ1) is 20.2. The van der Waals surface area contributed by atoms with E-state index in [1.807, 2.05) is 54.8 Å². The van der Waals surface area contributed by atoms with Gasteiger partial charge in [0.25, 0.3) is 0 Å². The number of aromatic nitrogens is 3. The van der Waals surface area contributed by atoms with Crippen molar-refractivity contribution in [2.45, 2.75) is 24.3 Å². The Morgan fingerprint density at radius 3 is 2.69 bits per heavy atom. The minimum atomic E-state index is -0.426. The molecule has 0 bridgehead atoms. The Bertz CT molecular complexity index is 1270. The summed E-state index contributed by atoms with van der Waals surface area (Å²) in [5.74, 6) is 2.54. The molecule has 5 rings (SSSR count). The predicted molar refractivity (Wildman–Crippen MR) is 120 cm³/mol. The molecule has 8 nitrogen and oxygen atoms in total. The van der Waals surface area contributed by atoms with Crippen molar-refractivity contribution in [3.05, 3.63) is 66.6 Å². The Morgan fingerprint density at radius 1 is 1.09 bits per heavy atom. The van der Waals surface area contributed by atoms with Crippen LogP contribution in [0.3, 0.4) is 0 Å². The fraction of sp³-hybridized carbons (Fsp3) is 0.174. The van der Waals surface area contributed by atoms with Gasteiger partial charge in [-0.3, -0.25) is 9.36 Å². The van der Waals surface area contributed by atoms with Gasteiger partial charge >= 0.3 is 0 Å². The Labute approximate surface area is 188 Å². The second-order valence-electron chi connectivity index (χ2n) is 7.18. The van der Waals surface area contributed by atoms with Crippen LogP contribution in [0.25, 0.3) is 17.1 Å². The highest BCUT2D eigenvalue weighted by Gasteiger charge is 2.24. The molecule has 0 radical (unpaired) electrons. The molecule has 1 amide bonds. The van der Waals surface area contributed by atoms with Crippen LogP contribution >= 0.6 is 11.8 Å². The van der Waals surface area contributed by atoms with Crippen LogP contribution in [0, 0.1) is 6.92 Å². The number of para-hydroxylation sites is 1. The van der Waals surface area contributed by atoms with Crippen LogP contribution in [-0.4, -0.2) is 32.7 Å². The number of furan rings is 1. The van der Waals surface area contributed by atoms with Crippen LogP contribution in [0.1, 0.15) is 12.7 Å². The zero-order valence-corrected chi connectivity index (χ0v) is 18.3. The molecule has 0 saturated carbocycles. The number of nitrogens with zero attached hydrogens (tertiary/aromatic N) is 3. The summed E-state index contributed by atoms with van der Waals surface area (Å²) >= 11 is 1.33. The van der Waals surface area contributed by atoms with E-state index in [-0.39, 0.29) is 12.7 Å². The molecule has 1 unspecified atom stereocenters. The van der Waals surface area contributed by atoms with Gasteiger partial charge in [-0.15, -0.1) is 10.2 Å². The normalized spacial score (nSPS) is 13.2. The number of benzene rings is 2. The van der Waals surface area contributed by atoms with Gasteiger partial charge in [0.1, 0.15) is 5.76 Å². The van der Waals surface area contributed by atoms with Crippen LogP contribution in [0.5, 0.6) is 11.5 Å². The summed E-state index contributed by atoms with van der Waals surface area (Å²) in [7, 11) is 0. The molecule has 1 atom stereocenters. The van der Waals surface area contributed by atoms with Crippen molar-refractivity contribution in [1.82, 2.24) is 14.8 Å². The number of carbonyl (C=O) groups is 1. The topological polar surface area (TPSA) is 91.4 Å². The molecule has 0 saturated heterocycles. The highest BCUT2D eigenvalue weighted by Crippen LogP contribution is 2.35. The van der Waals surface area contributed by atoms with Crippen molar-refractivity contribution < 1.29 is 18.7 Å². The first-order chi connectivity index (χ1) is 15.6. The molecule has 1 N–H and O–H groups in total. The number of nitrogens with one attached hydrogen (secondary N) is 1. The zero-order valence-electron chi connectivity index (χ0n) is 17.4. The molecule has 0 aliphatic carbocycles. The lowest BCUT2D eigenvalue weighted by Crippen LogP contribution is -2.22. The van der Waals surface area contributed by atoms with Crippen molar-refractivity contribution in [2.24, 2.45) is 0 Å². The van der Waals surface area contributed by atoms with E-state index in [1.54, 1.807) is 24.5 Å². The first-order valence-corrected chi connectivity index (χ1v) is 10.9. The number of anilines is 1. The molecule has 0 spiro atoms. The Morgan fingerprint density at radius 2 is 1.91 bits per heavy atom. The van der Waals surface area contributed by atoms with E-state index in [2.05, 4.69) is 15.5 Å². The molecule has 0 fully saturated rings. The SMILES string of the molecule is Cc1occc1-c1nnc(SC(C)C(=O)Nc2ccc3c(c2)OCO3)n1-c1ccccc1. The number of ether oxygens (including phenoxy) is 2. The fourth-order valence-electron chi connectivity index (χ4n) is 3.38. The molecule has 162 valence electrons. The van der Waals surface area contributed by atoms with Gasteiger partial charge in [0, 0.05) is 17.4 Å². The van der Waals surface area contributed by atoms with E-state index in [0.29, 0.717) is 28.2 Å². The van der Waals surface area contributed by atoms with Crippen molar-refractivity contribution in [2.75, 3.05) is 12.1 Å². The molecule has 4 aromatic rings. The van der Waals surface area contributed by atoms with E-state index in [0.717, 1.165) is 17.0 Å². The third-order valence-electron chi connectivity index (χ3n) is 5.04. The summed E-state index contributed by atoms with van der Waals surface area (Å²) in [6, 6.07) is 17.0. The van der Waals surface area contributed by atoms with E-state index in [1.165, 1.54) is 11.8 Å². The van der Waals surface area contributed by atoms with Gasteiger partial charge in [-0.05, 0) is 44.2 Å². The number of aryl methyl sites for hydroxylation is 1. The smallest absolute Gasteiger partial charge is 0.237 e. The molecular formula is C23H20N4O4S. The second-order valence-corrected chi connectivity index (χ2v) is 8.49. The quantitative estimate of drug-likeness (QED) is 0.428. The van der Waals surface area contributed by atoms with Gasteiger partial charge in [-0.1, -0.05) is 30.0 Å². The Kier molecular flexibility index (Phi) is 5.32. The summed E-state index contributed by atoms with van der Waals surface area (Å²) in [4.78, 5) is 12.9. The number of carbonyl (C=O) groups excluding carboxylic acids is 1. The predicted octanol–water partition coefficient (Wildman–Crippen LogP) is 4.68. The molecule has 9 heteroatoms. The molecular weight excluding hydrogens is 428 g/mol. The van der Waals surface area contributed by atoms with Crippen molar-refractivity contribution in [1.29, 1.82) is 0 Å². The number of hydrogen-bond acceptors (Lipinski definition) is 7. The highest BCUT2D eigenvalue weighted by molar-refractivity contribution is 8.00. The molecule has 2 aromatic carbocycles. The van der Waals surface area contributed by atoms with Crippen molar-refractivity contribution >= 4 is 23.4 Å². The van der Waals surface area contributed by atoms with Crippen LogP contribution in [0.4, 0.5) is 5.69 Å². The van der Waals surface area contributed by atoms with Gasteiger partial charge in [-0.2, -0.15) is 0 Å². The van der Waals surface area contributed by atoms with Crippen LogP contribution < -0.4 is 14.8 Å². The van der Waals surface area contributed by atoms with E-state index in [9.17, 15) is 4.79 Å². The van der Waals surface area contributed by atoms with Gasteiger partial charge in [0.15, 0.2) is 22.5 Å². The van der Waals surface area contributed by atoms with Crippen LogP contribution in [-0.2, 0) is 4.79 Å². The summed E-state index contributed by atoms with van der Waals surface area (Å²) in [5.41, 5.74) is 2.40. The number of amides is 1. The maximum Gasteiger partial charge on any atom is 0.237 e. The summed E-state index contributed by atoms with van der Waals surface area (Å²) in [6.45, 7) is 3.90. The highest BCUT2D eigenvalue weighted by atomic mass is 32.2. The van der Waals surface area contributed by atoms with Crippen LogP contribution in [0.2, 0.25) is 0 Å². The summed E-state index contributed by atoms with van der Waals surface area (Å²) in [5, 5.41) is 11.9. The van der Waals surface area contributed by atoms with E-state index < -0.39 is 5.25 Å². The average Bonchev–Trinajstić information content (AvgIpc) is 3.53. The standard InChI is InChI=1S/C23H20N4O4S/c1-14-18(10-11-29-14)21-25-26-23(27(21)17-6-4-3-5-7-17)32-15(2)22(28)24-16-8-9-19-20(12-16)31-13-30-19/h3-12,15H,13H2,1-2H3,(H,24,28). The second kappa shape index (κ2) is 8.43.